The van der Waals surface area contributed by atoms with Crippen LogP contribution in [0.3, 0.4) is 0 Å². The van der Waals surface area contributed by atoms with Gasteiger partial charge in [0.15, 0.2) is 11.5 Å². The third kappa shape index (κ3) is 24.5. The van der Waals surface area contributed by atoms with Gasteiger partial charge in [-0.1, -0.05) is 237 Å². The first-order valence-corrected chi connectivity index (χ1v) is 45.2. The van der Waals surface area contributed by atoms with Crippen LogP contribution in [0.25, 0.3) is 0 Å². The summed E-state index contributed by atoms with van der Waals surface area (Å²) in [5.74, 6) is 0.571. The van der Waals surface area contributed by atoms with Crippen molar-refractivity contribution in [3.05, 3.63) is 378 Å². The van der Waals surface area contributed by atoms with E-state index in [2.05, 4.69) is 56.0 Å². The van der Waals surface area contributed by atoms with Gasteiger partial charge in [0, 0.05) is 109 Å². The Balaban J connectivity index is 0.000000144. The summed E-state index contributed by atoms with van der Waals surface area (Å²) < 4.78 is 5.29. The zero-order valence-electron chi connectivity index (χ0n) is 70.2. The summed E-state index contributed by atoms with van der Waals surface area (Å²) in [4.78, 5) is 69.1. The number of phenolic OH excluding ortho intramolecular Hbond substituents is 2. The smallest absolute Gasteiger partial charge is 0.227 e. The molecule has 0 saturated carbocycles. The summed E-state index contributed by atoms with van der Waals surface area (Å²) in [6.45, 7) is 15.5. The first-order chi connectivity index (χ1) is 60.6. The average molecular weight is 1890 g/mol. The number of aryl methyl sites for hydroxylation is 4. The number of nitrogens with zero attached hydrogens (tertiary/aromatic N) is 8. The molecule has 4 fully saturated rings. The molecule has 2 N–H and O–H groups in total. The molecule has 4 aliphatic heterocycles. The molecule has 12 aromatic rings. The largest absolute Gasteiger partial charge is 0.504 e. The SMILES string of the molecule is COc1cccc(CC(=O)N2CCN(c3ccc(C)cc3Cl)C(c3ccc(Cl)cc3)C2)c1.Cc1ccc(N2CCN(C(=O)Cc3ccc(Cl)cc3)CC2c2ccc(Cl)cc2)c(Cl)c1.Cc1ccc(N2CCN(C(=O)Cc3ccc(O)c(O)c3)CC2c2ccc(Cl)cc2)c(Cl)c1.Cc1ccc(N2CCN(C(=O)Cc3ccccc3Cl)CC2c2ccc(Cl)cc2)c(Cl)c1. The van der Waals surface area contributed by atoms with Gasteiger partial charge < -0.3 is 54.1 Å². The Bertz CT molecular complexity index is 5800. The fourth-order valence-electron chi connectivity index (χ4n) is 16.3. The third-order valence-corrected chi connectivity index (χ3v) is 25.9. The molecule has 652 valence electrons. The van der Waals surface area contributed by atoms with Gasteiger partial charge in [-0.05, 0) is 234 Å². The van der Waals surface area contributed by atoms with Crippen LogP contribution in [0.15, 0.2) is 261 Å². The Labute approximate surface area is 787 Å². The van der Waals surface area contributed by atoms with Crippen LogP contribution >= 0.6 is 116 Å². The van der Waals surface area contributed by atoms with Crippen molar-refractivity contribution in [2.45, 2.75) is 77.5 Å². The molecule has 4 aliphatic rings. The van der Waals surface area contributed by atoms with E-state index in [0.717, 1.165) is 105 Å². The van der Waals surface area contributed by atoms with Gasteiger partial charge in [-0.25, -0.2) is 0 Å². The number of amides is 4. The number of benzene rings is 12. The molecule has 126 heavy (non-hydrogen) atoms. The average Bonchev–Trinajstić information content (AvgIpc) is 0.799. The van der Waals surface area contributed by atoms with Gasteiger partial charge >= 0.3 is 0 Å². The second-order valence-corrected chi connectivity index (χ2v) is 36.0. The number of carbonyl (C=O) groups is 4. The second kappa shape index (κ2) is 43.7. The van der Waals surface area contributed by atoms with Crippen molar-refractivity contribution in [2.75, 3.05) is 105 Å². The summed E-state index contributed by atoms with van der Waals surface area (Å²) in [5, 5.41) is 26.1. The molecule has 0 bridgehead atoms. The van der Waals surface area contributed by atoms with E-state index in [-0.39, 0.29) is 72.1 Å². The van der Waals surface area contributed by atoms with Gasteiger partial charge in [-0.2, -0.15) is 0 Å². The van der Waals surface area contributed by atoms with Crippen LogP contribution in [0.4, 0.5) is 22.7 Å². The van der Waals surface area contributed by atoms with E-state index in [1.54, 1.807) is 13.2 Å². The molecule has 4 heterocycles. The van der Waals surface area contributed by atoms with Gasteiger partial charge in [-0.3, -0.25) is 19.2 Å². The molecule has 16 rings (SSSR count). The lowest BCUT2D eigenvalue weighted by Gasteiger charge is -2.43. The number of carbonyl (C=O) groups excluding carboxylic acids is 4. The second-order valence-electron chi connectivity index (χ2n) is 31.8. The molecular weight excluding hydrogens is 1790 g/mol. The number of anilines is 4. The third-order valence-electron chi connectivity index (χ3n) is 23.1. The zero-order chi connectivity index (χ0) is 89.4. The van der Waals surface area contributed by atoms with Gasteiger partial charge in [0.1, 0.15) is 5.75 Å². The molecule has 0 aliphatic carbocycles. The Morgan fingerprint density at radius 3 is 0.897 bits per heavy atom. The standard InChI is InChI=1S/C26H26Cl2N2O2.2C25H23Cl3N2O.C25H24Cl2N2O3/c1-18-6-11-24(23(28)14-18)30-13-12-29(17-25(30)20-7-9-21(27)10-8-20)26(31)16-19-4-3-5-22(15-19)32-2;1-17-2-11-23(22(28)14-17)30-13-12-29(16-24(30)19-5-9-21(27)10-6-19)25(31)15-18-3-7-20(26)8-4-18;1-17-6-11-23(22(28)14-17)30-13-12-29(16-24(30)18-7-9-20(26)10-8-18)25(31)15-19-4-2-3-5-21(19)27;1-16-2-8-21(20(27)12-16)29-11-10-28(15-22(29)18-4-6-19(26)7-5-18)25(32)14-17-3-9-23(30)24(31)13-17/h3-11,14-15,25H,12-13,16-17H2,1-2H3;2*2-11,14,24H,12-13,15-16H2,1H3;2-9,12-13,22,30-31H,10-11,14-15H2,1H3. The molecule has 4 atom stereocenters. The molecule has 4 saturated heterocycles. The lowest BCUT2D eigenvalue weighted by atomic mass is 10.00. The van der Waals surface area contributed by atoms with Crippen molar-refractivity contribution in [3.8, 4) is 17.2 Å². The number of halogens is 10. The molecule has 0 spiro atoms. The quantitative estimate of drug-likeness (QED) is 0.0841. The summed E-state index contributed by atoms with van der Waals surface area (Å²) in [5.41, 5.74) is 16.1. The number of methoxy groups -OCH3 is 1. The minimum atomic E-state index is -0.229. The maximum Gasteiger partial charge on any atom is 0.227 e. The van der Waals surface area contributed by atoms with E-state index in [1.165, 1.54) is 12.1 Å². The maximum atomic E-state index is 13.2. The number of hydrogen-bond acceptors (Lipinski definition) is 11. The van der Waals surface area contributed by atoms with E-state index in [4.69, 9.17) is 121 Å². The lowest BCUT2D eigenvalue weighted by Crippen LogP contribution is -2.51. The lowest BCUT2D eigenvalue weighted by molar-refractivity contribution is -0.132. The highest BCUT2D eigenvalue weighted by Gasteiger charge is 2.37. The van der Waals surface area contributed by atoms with Crippen molar-refractivity contribution < 1.29 is 34.1 Å². The van der Waals surface area contributed by atoms with Crippen LogP contribution in [0, 0.1) is 27.7 Å². The minimum Gasteiger partial charge on any atom is -0.504 e. The fourth-order valence-corrected chi connectivity index (χ4v) is 18.5. The molecule has 25 heteroatoms. The highest BCUT2D eigenvalue weighted by atomic mass is 35.5. The van der Waals surface area contributed by atoms with Crippen LogP contribution < -0.4 is 24.3 Å². The van der Waals surface area contributed by atoms with Crippen molar-refractivity contribution >= 4 is 162 Å². The van der Waals surface area contributed by atoms with Gasteiger partial charge in [-0.15, -0.1) is 0 Å². The Hall–Kier alpha value is -9.98. The Morgan fingerprint density at radius 1 is 0.294 bits per heavy atom. The normalized spacial score (nSPS) is 16.3. The number of aromatic hydroxyl groups is 2. The molecule has 4 amide bonds. The topological polar surface area (TPSA) is 144 Å². The minimum absolute atomic E-state index is 0.0135. The van der Waals surface area contributed by atoms with Crippen LogP contribution in [-0.4, -0.2) is 139 Å². The van der Waals surface area contributed by atoms with E-state index in [1.807, 2.05) is 254 Å². The van der Waals surface area contributed by atoms with Crippen LogP contribution in [0.5, 0.6) is 17.2 Å². The van der Waals surface area contributed by atoms with Gasteiger partial charge in [0.2, 0.25) is 23.6 Å². The summed E-state index contributed by atoms with van der Waals surface area (Å²) in [7, 11) is 1.63. The van der Waals surface area contributed by atoms with Crippen molar-refractivity contribution in [1.82, 2.24) is 19.6 Å². The number of hydrogen-bond donors (Lipinski definition) is 2. The Kier molecular flexibility index (Phi) is 32.5. The van der Waals surface area contributed by atoms with Crippen LogP contribution in [0.1, 0.15) is 90.9 Å². The first kappa shape index (κ1) is 93.7. The Morgan fingerprint density at radius 2 is 0.587 bits per heavy atom. The number of ether oxygens (including phenoxy) is 1. The van der Waals surface area contributed by atoms with Gasteiger partial charge in [0.25, 0.3) is 0 Å². The van der Waals surface area contributed by atoms with E-state index < -0.39 is 0 Å². The monoisotopic (exact) mass is 1880 g/mol. The van der Waals surface area contributed by atoms with Crippen molar-refractivity contribution in [1.29, 1.82) is 0 Å². The highest BCUT2D eigenvalue weighted by molar-refractivity contribution is 6.35. The van der Waals surface area contributed by atoms with Crippen molar-refractivity contribution in [2.24, 2.45) is 0 Å². The highest BCUT2D eigenvalue weighted by Crippen LogP contribution is 2.43. The molecule has 12 aromatic carbocycles. The maximum absolute atomic E-state index is 13.2. The van der Waals surface area contributed by atoms with Gasteiger partial charge in [0.05, 0.1) is 99.8 Å². The predicted molar refractivity (Wildman–Crippen MR) is 518 cm³/mol. The first-order valence-electron chi connectivity index (χ1n) is 41.4. The number of rotatable bonds is 17. The summed E-state index contributed by atoms with van der Waals surface area (Å²) >= 11 is 63.1. The summed E-state index contributed by atoms with van der Waals surface area (Å²) in [6.07, 6.45) is 1.14. The molecular formula is C101H96Cl10N8O7. The van der Waals surface area contributed by atoms with Crippen LogP contribution in [0.2, 0.25) is 50.2 Å². The van der Waals surface area contributed by atoms with E-state index >= 15 is 0 Å². The predicted octanol–water partition coefficient (Wildman–Crippen LogP) is 24.5. The molecule has 0 aromatic heterocycles. The molecule has 4 unspecified atom stereocenters. The van der Waals surface area contributed by atoms with E-state index in [9.17, 15) is 29.4 Å². The summed E-state index contributed by atoms with van der Waals surface area (Å²) in [6, 6.07) is 82.4. The molecule has 15 nitrogen and oxygen atoms in total. The van der Waals surface area contributed by atoms with Crippen molar-refractivity contribution in [3.63, 3.8) is 0 Å². The molecule has 0 radical (unpaired) electrons. The van der Waals surface area contributed by atoms with Crippen LogP contribution in [-0.2, 0) is 44.9 Å². The number of phenols is 2. The zero-order valence-corrected chi connectivity index (χ0v) is 77.8. The number of piperazine rings is 4. The van der Waals surface area contributed by atoms with E-state index in [0.29, 0.717) is 132 Å². The fraction of sp³-hybridized carbons (Fsp3) is 0.248.